The van der Waals surface area contributed by atoms with Crippen molar-refractivity contribution in [3.8, 4) is 0 Å². The summed E-state index contributed by atoms with van der Waals surface area (Å²) in [4.78, 5) is 14.8. The van der Waals surface area contributed by atoms with Gasteiger partial charge in [0.1, 0.15) is 0 Å². The highest BCUT2D eigenvalue weighted by molar-refractivity contribution is 7.99. The van der Waals surface area contributed by atoms with E-state index in [4.69, 9.17) is 0 Å². The van der Waals surface area contributed by atoms with Gasteiger partial charge in [-0.25, -0.2) is 8.42 Å². The van der Waals surface area contributed by atoms with Crippen LogP contribution in [-0.2, 0) is 14.8 Å². The van der Waals surface area contributed by atoms with Crippen LogP contribution in [0.2, 0.25) is 0 Å². The first-order valence-electron chi connectivity index (χ1n) is 9.38. The van der Waals surface area contributed by atoms with Gasteiger partial charge < -0.3 is 5.32 Å². The standard InChI is InChI=1S/C20H23F2N3O3S2/c1-15-2-8-18(9-3-15)30(27,28)25-12-10-24(11-13-25)14-19(26)23-16-4-6-17(7-5-16)29-20(21)22/h2-9,20H,10-14H2,1H3,(H,23,26). The van der Waals surface area contributed by atoms with Crippen LogP contribution in [0, 0.1) is 6.92 Å². The Balaban J connectivity index is 1.49. The predicted octanol–water partition coefficient (Wildman–Crippen LogP) is 3.25. The fraction of sp³-hybridized carbons (Fsp3) is 0.350. The summed E-state index contributed by atoms with van der Waals surface area (Å²) in [6, 6.07) is 13.0. The second-order valence-electron chi connectivity index (χ2n) is 6.94. The van der Waals surface area contributed by atoms with Gasteiger partial charge in [-0.2, -0.15) is 13.1 Å². The number of piperazine rings is 1. The van der Waals surface area contributed by atoms with Gasteiger partial charge in [-0.05, 0) is 43.3 Å². The fourth-order valence-electron chi connectivity index (χ4n) is 3.11. The van der Waals surface area contributed by atoms with Crippen molar-refractivity contribution >= 4 is 33.4 Å². The number of amides is 1. The molecule has 1 aliphatic rings. The second-order valence-corrected chi connectivity index (χ2v) is 9.95. The molecule has 0 aromatic heterocycles. The number of aryl methyl sites for hydroxylation is 1. The molecule has 1 amide bonds. The smallest absolute Gasteiger partial charge is 0.288 e. The number of anilines is 1. The Labute approximate surface area is 179 Å². The summed E-state index contributed by atoms with van der Waals surface area (Å²) in [5.41, 5.74) is 1.52. The molecule has 3 rings (SSSR count). The van der Waals surface area contributed by atoms with Crippen molar-refractivity contribution in [3.05, 3.63) is 54.1 Å². The number of carbonyl (C=O) groups is 1. The lowest BCUT2D eigenvalue weighted by Crippen LogP contribution is -2.50. The van der Waals surface area contributed by atoms with E-state index in [1.807, 2.05) is 11.8 Å². The van der Waals surface area contributed by atoms with Gasteiger partial charge in [-0.3, -0.25) is 9.69 Å². The van der Waals surface area contributed by atoms with Crippen LogP contribution in [0.25, 0.3) is 0 Å². The first-order valence-corrected chi connectivity index (χ1v) is 11.7. The van der Waals surface area contributed by atoms with Gasteiger partial charge in [-0.15, -0.1) is 0 Å². The molecule has 162 valence electrons. The zero-order valence-corrected chi connectivity index (χ0v) is 18.1. The van der Waals surface area contributed by atoms with E-state index in [0.717, 1.165) is 5.56 Å². The molecule has 0 aliphatic carbocycles. The molecule has 0 atom stereocenters. The lowest BCUT2D eigenvalue weighted by atomic mass is 10.2. The maximum absolute atomic E-state index is 12.7. The third-order valence-corrected chi connectivity index (χ3v) is 7.36. The Morgan fingerprint density at radius 1 is 1.03 bits per heavy atom. The monoisotopic (exact) mass is 455 g/mol. The van der Waals surface area contributed by atoms with E-state index < -0.39 is 15.8 Å². The molecule has 0 spiro atoms. The van der Waals surface area contributed by atoms with E-state index in [9.17, 15) is 22.0 Å². The first-order chi connectivity index (χ1) is 14.2. The maximum atomic E-state index is 12.7. The van der Waals surface area contributed by atoms with E-state index in [0.29, 0.717) is 48.5 Å². The zero-order valence-electron chi connectivity index (χ0n) is 16.4. The van der Waals surface area contributed by atoms with Crippen molar-refractivity contribution in [2.45, 2.75) is 22.5 Å². The zero-order chi connectivity index (χ0) is 21.7. The molecule has 2 aromatic carbocycles. The summed E-state index contributed by atoms with van der Waals surface area (Å²) < 4.78 is 51.6. The summed E-state index contributed by atoms with van der Waals surface area (Å²) in [5, 5.41) is 2.73. The van der Waals surface area contributed by atoms with Crippen LogP contribution in [0.5, 0.6) is 0 Å². The summed E-state index contributed by atoms with van der Waals surface area (Å²) >= 11 is 0.448. The molecule has 0 saturated carbocycles. The predicted molar refractivity (Wildman–Crippen MR) is 113 cm³/mol. The Morgan fingerprint density at radius 3 is 2.20 bits per heavy atom. The molecular formula is C20H23F2N3O3S2. The number of nitrogens with one attached hydrogen (secondary N) is 1. The fourth-order valence-corrected chi connectivity index (χ4v) is 5.03. The molecule has 1 saturated heterocycles. The number of rotatable bonds is 7. The van der Waals surface area contributed by atoms with Gasteiger partial charge in [-0.1, -0.05) is 29.5 Å². The van der Waals surface area contributed by atoms with Crippen LogP contribution in [0.1, 0.15) is 5.56 Å². The van der Waals surface area contributed by atoms with Crippen LogP contribution in [0.3, 0.4) is 0 Å². The number of benzene rings is 2. The van der Waals surface area contributed by atoms with Crippen molar-refractivity contribution in [2.75, 3.05) is 38.0 Å². The molecule has 10 heteroatoms. The SMILES string of the molecule is Cc1ccc(S(=O)(=O)N2CCN(CC(=O)Nc3ccc(SC(F)F)cc3)CC2)cc1. The molecule has 1 aliphatic heterocycles. The molecular weight excluding hydrogens is 432 g/mol. The number of carbonyl (C=O) groups excluding carboxylic acids is 1. The summed E-state index contributed by atoms with van der Waals surface area (Å²) in [6.07, 6.45) is 0. The third-order valence-electron chi connectivity index (χ3n) is 4.72. The number of sulfonamides is 1. The summed E-state index contributed by atoms with van der Waals surface area (Å²) in [7, 11) is -3.54. The molecule has 0 unspecified atom stereocenters. The number of thioether (sulfide) groups is 1. The highest BCUT2D eigenvalue weighted by Gasteiger charge is 2.29. The van der Waals surface area contributed by atoms with Gasteiger partial charge in [0, 0.05) is 36.8 Å². The number of alkyl halides is 2. The number of nitrogens with zero attached hydrogens (tertiary/aromatic N) is 2. The van der Waals surface area contributed by atoms with E-state index in [2.05, 4.69) is 5.32 Å². The molecule has 2 aromatic rings. The van der Waals surface area contributed by atoms with E-state index >= 15 is 0 Å². The normalized spacial score (nSPS) is 16.0. The van der Waals surface area contributed by atoms with Crippen molar-refractivity contribution < 1.29 is 22.0 Å². The van der Waals surface area contributed by atoms with E-state index in [-0.39, 0.29) is 17.3 Å². The minimum absolute atomic E-state index is 0.131. The third kappa shape index (κ3) is 6.00. The molecule has 30 heavy (non-hydrogen) atoms. The van der Waals surface area contributed by atoms with Crippen molar-refractivity contribution in [1.29, 1.82) is 0 Å². The number of hydrogen-bond acceptors (Lipinski definition) is 5. The molecule has 1 heterocycles. The lowest BCUT2D eigenvalue weighted by molar-refractivity contribution is -0.117. The second kappa shape index (κ2) is 9.86. The number of hydrogen-bond donors (Lipinski definition) is 1. The number of halogens is 2. The molecule has 1 N–H and O–H groups in total. The first kappa shape index (κ1) is 22.7. The van der Waals surface area contributed by atoms with E-state index in [1.54, 1.807) is 36.4 Å². The Bertz CT molecular complexity index is 960. The quantitative estimate of drug-likeness (QED) is 0.649. The van der Waals surface area contributed by atoms with Crippen molar-refractivity contribution in [3.63, 3.8) is 0 Å². The molecule has 1 fully saturated rings. The Morgan fingerprint density at radius 2 is 1.63 bits per heavy atom. The Kier molecular flexibility index (Phi) is 7.45. The van der Waals surface area contributed by atoms with Gasteiger partial charge in [0.2, 0.25) is 15.9 Å². The van der Waals surface area contributed by atoms with Gasteiger partial charge in [0.15, 0.2) is 0 Å². The summed E-state index contributed by atoms with van der Waals surface area (Å²) in [5.74, 6) is -2.72. The lowest BCUT2D eigenvalue weighted by Gasteiger charge is -2.33. The van der Waals surface area contributed by atoms with Crippen LogP contribution in [0.15, 0.2) is 58.3 Å². The summed E-state index contributed by atoms with van der Waals surface area (Å²) in [6.45, 7) is 3.54. The highest BCUT2D eigenvalue weighted by atomic mass is 32.2. The van der Waals surface area contributed by atoms with Crippen LogP contribution < -0.4 is 5.32 Å². The van der Waals surface area contributed by atoms with Crippen LogP contribution >= 0.6 is 11.8 Å². The van der Waals surface area contributed by atoms with Gasteiger partial charge in [0.05, 0.1) is 11.4 Å². The van der Waals surface area contributed by atoms with Gasteiger partial charge >= 0.3 is 0 Å². The highest BCUT2D eigenvalue weighted by Crippen LogP contribution is 2.26. The molecule has 0 bridgehead atoms. The average Bonchev–Trinajstić information content (AvgIpc) is 2.70. The van der Waals surface area contributed by atoms with Crippen molar-refractivity contribution in [1.82, 2.24) is 9.21 Å². The molecule has 0 radical (unpaired) electrons. The largest absolute Gasteiger partial charge is 0.325 e. The maximum Gasteiger partial charge on any atom is 0.288 e. The Hall–Kier alpha value is -2.01. The van der Waals surface area contributed by atoms with Crippen molar-refractivity contribution in [2.24, 2.45) is 0 Å². The topological polar surface area (TPSA) is 69.7 Å². The minimum atomic E-state index is -3.54. The van der Waals surface area contributed by atoms with E-state index in [1.165, 1.54) is 16.4 Å². The van der Waals surface area contributed by atoms with Crippen LogP contribution in [-0.4, -0.2) is 62.0 Å². The van der Waals surface area contributed by atoms with Crippen LogP contribution in [0.4, 0.5) is 14.5 Å². The molecule has 6 nitrogen and oxygen atoms in total. The van der Waals surface area contributed by atoms with Gasteiger partial charge in [0.25, 0.3) is 5.76 Å². The minimum Gasteiger partial charge on any atom is -0.325 e. The average molecular weight is 456 g/mol.